The lowest BCUT2D eigenvalue weighted by molar-refractivity contribution is -0.137. The van der Waals surface area contributed by atoms with E-state index in [9.17, 15) is 18.0 Å². The number of rotatable bonds is 2. The first-order chi connectivity index (χ1) is 8.95. The van der Waals surface area contributed by atoms with Gasteiger partial charge in [-0.1, -0.05) is 11.3 Å². The fourth-order valence-corrected chi connectivity index (χ4v) is 1.67. The molecule has 0 spiro atoms. The number of anilines is 2. The normalized spacial score (nSPS) is 11.1. The van der Waals surface area contributed by atoms with E-state index in [1.807, 2.05) is 0 Å². The van der Waals surface area contributed by atoms with Crippen LogP contribution in [0.4, 0.5) is 28.8 Å². The van der Waals surface area contributed by atoms with E-state index in [1.165, 1.54) is 17.6 Å². The molecule has 1 aromatic carbocycles. The van der Waals surface area contributed by atoms with E-state index in [-0.39, 0.29) is 5.69 Å². The van der Waals surface area contributed by atoms with Crippen LogP contribution in [-0.2, 0) is 6.18 Å². The van der Waals surface area contributed by atoms with Crippen LogP contribution in [0, 0.1) is 0 Å². The van der Waals surface area contributed by atoms with Crippen LogP contribution in [0.15, 0.2) is 29.8 Å². The first-order valence-corrected chi connectivity index (χ1v) is 5.84. The van der Waals surface area contributed by atoms with Crippen molar-refractivity contribution in [3.05, 3.63) is 35.3 Å². The van der Waals surface area contributed by atoms with Crippen molar-refractivity contribution < 1.29 is 18.0 Å². The summed E-state index contributed by atoms with van der Waals surface area (Å²) in [6.45, 7) is 0. The maximum absolute atomic E-state index is 12.3. The van der Waals surface area contributed by atoms with Crippen molar-refractivity contribution in [2.45, 2.75) is 6.18 Å². The zero-order valence-electron chi connectivity index (χ0n) is 9.23. The molecule has 0 aliphatic heterocycles. The molecule has 9 heteroatoms. The van der Waals surface area contributed by atoms with Crippen LogP contribution in [0.3, 0.4) is 0 Å². The first-order valence-electron chi connectivity index (χ1n) is 4.96. The smallest absolute Gasteiger partial charge is 0.308 e. The van der Waals surface area contributed by atoms with Crippen molar-refractivity contribution in [3.8, 4) is 0 Å². The molecule has 0 bridgehead atoms. The van der Waals surface area contributed by atoms with Crippen molar-refractivity contribution in [3.63, 3.8) is 0 Å². The number of nitrogens with zero attached hydrogens (tertiary/aromatic N) is 2. The number of carbonyl (C=O) groups excluding carboxylic acids is 1. The zero-order valence-corrected chi connectivity index (χ0v) is 10.0. The molecule has 2 rings (SSSR count). The summed E-state index contributed by atoms with van der Waals surface area (Å²) in [5, 5.41) is 12.2. The number of halogens is 3. The van der Waals surface area contributed by atoms with Gasteiger partial charge in [0.25, 0.3) is 0 Å². The van der Waals surface area contributed by atoms with Gasteiger partial charge in [0.15, 0.2) is 0 Å². The molecule has 0 radical (unpaired) electrons. The second-order valence-electron chi connectivity index (χ2n) is 3.40. The molecular formula is C10H7F3N4OS. The number of carbonyl (C=O) groups is 1. The van der Waals surface area contributed by atoms with Gasteiger partial charge in [0.1, 0.15) is 5.51 Å². The highest BCUT2D eigenvalue weighted by Gasteiger charge is 2.29. The van der Waals surface area contributed by atoms with E-state index in [0.717, 1.165) is 23.5 Å². The van der Waals surface area contributed by atoms with E-state index >= 15 is 0 Å². The van der Waals surface area contributed by atoms with Crippen LogP contribution >= 0.6 is 11.3 Å². The molecule has 0 fully saturated rings. The quantitative estimate of drug-likeness (QED) is 0.891. The number of urea groups is 1. The predicted molar refractivity (Wildman–Crippen MR) is 64.0 cm³/mol. The molecule has 0 atom stereocenters. The lowest BCUT2D eigenvalue weighted by atomic mass is 10.2. The minimum atomic E-state index is -4.40. The van der Waals surface area contributed by atoms with Gasteiger partial charge in [-0.3, -0.25) is 5.32 Å². The molecule has 2 amide bonds. The van der Waals surface area contributed by atoms with Gasteiger partial charge in [-0.25, -0.2) is 4.79 Å². The number of nitrogens with one attached hydrogen (secondary N) is 2. The maximum atomic E-state index is 12.3. The monoisotopic (exact) mass is 288 g/mol. The summed E-state index contributed by atoms with van der Waals surface area (Å²) in [5.74, 6) is 0. The van der Waals surface area contributed by atoms with Gasteiger partial charge < -0.3 is 5.32 Å². The third-order valence-electron chi connectivity index (χ3n) is 2.05. The summed E-state index contributed by atoms with van der Waals surface area (Å²) in [5.41, 5.74) is 0.908. The first kappa shape index (κ1) is 13.3. The van der Waals surface area contributed by atoms with E-state index in [4.69, 9.17) is 0 Å². The molecule has 0 aliphatic rings. The fraction of sp³-hybridized carbons (Fsp3) is 0.100. The SMILES string of the molecule is O=C(Nc1ccc(C(F)(F)F)cc1)Nc1nncs1. The topological polar surface area (TPSA) is 66.9 Å². The molecular weight excluding hydrogens is 281 g/mol. The van der Waals surface area contributed by atoms with E-state index < -0.39 is 17.8 Å². The molecule has 0 unspecified atom stereocenters. The number of amides is 2. The van der Waals surface area contributed by atoms with Gasteiger partial charge in [0, 0.05) is 5.69 Å². The molecule has 0 saturated heterocycles. The Morgan fingerprint density at radius 1 is 1.16 bits per heavy atom. The van der Waals surface area contributed by atoms with Crippen LogP contribution in [-0.4, -0.2) is 16.2 Å². The molecule has 1 aromatic heterocycles. The average molecular weight is 288 g/mol. The van der Waals surface area contributed by atoms with Gasteiger partial charge in [-0.15, -0.1) is 10.2 Å². The van der Waals surface area contributed by atoms with Crippen molar-refractivity contribution >= 4 is 28.2 Å². The zero-order chi connectivity index (χ0) is 13.9. The summed E-state index contributed by atoms with van der Waals surface area (Å²) in [6.07, 6.45) is -4.40. The van der Waals surface area contributed by atoms with Crippen molar-refractivity contribution in [1.29, 1.82) is 0 Å². The summed E-state index contributed by atoms with van der Waals surface area (Å²) >= 11 is 1.12. The Kier molecular flexibility index (Phi) is 3.65. The molecule has 19 heavy (non-hydrogen) atoms. The van der Waals surface area contributed by atoms with Gasteiger partial charge in [0.05, 0.1) is 5.56 Å². The largest absolute Gasteiger partial charge is 0.416 e. The number of alkyl halides is 3. The Morgan fingerprint density at radius 2 is 1.84 bits per heavy atom. The van der Waals surface area contributed by atoms with Crippen LogP contribution in [0.5, 0.6) is 0 Å². The Bertz CT molecular complexity index is 553. The van der Waals surface area contributed by atoms with Gasteiger partial charge in [-0.05, 0) is 24.3 Å². The van der Waals surface area contributed by atoms with Crippen LogP contribution in [0.1, 0.15) is 5.56 Å². The molecule has 5 nitrogen and oxygen atoms in total. The highest BCUT2D eigenvalue weighted by Crippen LogP contribution is 2.29. The molecule has 100 valence electrons. The molecule has 0 aliphatic carbocycles. The second-order valence-corrected chi connectivity index (χ2v) is 4.23. The maximum Gasteiger partial charge on any atom is 0.416 e. The fourth-order valence-electron chi connectivity index (χ4n) is 1.23. The molecule has 2 aromatic rings. The third-order valence-corrected chi connectivity index (χ3v) is 2.66. The predicted octanol–water partition coefficient (Wildman–Crippen LogP) is 3.20. The Hall–Kier alpha value is -2.16. The minimum Gasteiger partial charge on any atom is -0.308 e. The van der Waals surface area contributed by atoms with Crippen LogP contribution in [0.25, 0.3) is 0 Å². The number of benzene rings is 1. The highest BCUT2D eigenvalue weighted by atomic mass is 32.1. The van der Waals surface area contributed by atoms with Crippen molar-refractivity contribution in [2.75, 3.05) is 10.6 Å². The lowest BCUT2D eigenvalue weighted by Gasteiger charge is -2.08. The average Bonchev–Trinajstić information content (AvgIpc) is 2.81. The van der Waals surface area contributed by atoms with E-state index in [2.05, 4.69) is 20.8 Å². The molecule has 0 saturated carbocycles. The summed E-state index contributed by atoms with van der Waals surface area (Å²) < 4.78 is 37.0. The van der Waals surface area contributed by atoms with Gasteiger partial charge >= 0.3 is 12.2 Å². The van der Waals surface area contributed by atoms with Gasteiger partial charge in [0.2, 0.25) is 5.13 Å². The third kappa shape index (κ3) is 3.65. The highest BCUT2D eigenvalue weighted by molar-refractivity contribution is 7.13. The standard InChI is InChI=1S/C10H7F3N4OS/c11-10(12,13)6-1-3-7(4-2-6)15-8(18)16-9-17-14-5-19-9/h1-5H,(H2,15,16,17,18). The Labute approximate surface area is 109 Å². The number of aromatic nitrogens is 2. The Morgan fingerprint density at radius 3 is 2.37 bits per heavy atom. The Balaban J connectivity index is 1.98. The number of hydrogen-bond donors (Lipinski definition) is 2. The van der Waals surface area contributed by atoms with Crippen LogP contribution < -0.4 is 10.6 Å². The van der Waals surface area contributed by atoms with E-state index in [1.54, 1.807) is 0 Å². The van der Waals surface area contributed by atoms with E-state index in [0.29, 0.717) is 5.13 Å². The minimum absolute atomic E-state index is 0.245. The van der Waals surface area contributed by atoms with Crippen molar-refractivity contribution in [2.24, 2.45) is 0 Å². The lowest BCUT2D eigenvalue weighted by Crippen LogP contribution is -2.19. The molecule has 1 heterocycles. The second kappa shape index (κ2) is 5.22. The summed E-state index contributed by atoms with van der Waals surface area (Å²) in [6, 6.07) is 3.52. The van der Waals surface area contributed by atoms with Gasteiger partial charge in [-0.2, -0.15) is 13.2 Å². The van der Waals surface area contributed by atoms with Crippen molar-refractivity contribution in [1.82, 2.24) is 10.2 Å². The number of hydrogen-bond acceptors (Lipinski definition) is 4. The summed E-state index contributed by atoms with van der Waals surface area (Å²) in [4.78, 5) is 11.5. The summed E-state index contributed by atoms with van der Waals surface area (Å²) in [7, 11) is 0. The molecule has 2 N–H and O–H groups in total. The van der Waals surface area contributed by atoms with Crippen LogP contribution in [0.2, 0.25) is 0 Å².